The number of aryl methyl sites for hydroxylation is 1. The van der Waals surface area contributed by atoms with Crippen LogP contribution in [0.4, 0.5) is 0 Å². The average molecular weight is 387 g/mol. The van der Waals surface area contributed by atoms with Crippen molar-refractivity contribution >= 4 is 10.1 Å². The van der Waals surface area contributed by atoms with Gasteiger partial charge in [-0.25, -0.2) is 8.42 Å². The second kappa shape index (κ2) is 11.5. The number of ether oxygens (including phenoxy) is 1. The largest absolute Gasteiger partial charge is 1.00 e. The van der Waals surface area contributed by atoms with Crippen LogP contribution in [0, 0.1) is 0 Å². The molecule has 0 atom stereocenters. The summed E-state index contributed by atoms with van der Waals surface area (Å²) in [7, 11) is -4.42. The Labute approximate surface area is 193 Å². The first-order valence-electron chi connectivity index (χ1n) is 8.32. The van der Waals surface area contributed by atoms with E-state index in [2.05, 4.69) is 6.92 Å². The van der Waals surface area contributed by atoms with Crippen molar-refractivity contribution in [2.75, 3.05) is 0 Å². The molecule has 0 amide bonds. The van der Waals surface area contributed by atoms with Crippen LogP contribution in [0.2, 0.25) is 0 Å². The first kappa shape index (κ1) is 22.8. The molecular formula is C19H23KO4S. The van der Waals surface area contributed by atoms with E-state index in [1.807, 2.05) is 24.3 Å². The predicted octanol–water partition coefficient (Wildman–Crippen LogP) is 1.90. The van der Waals surface area contributed by atoms with Gasteiger partial charge in [0.15, 0.2) is 0 Å². The molecule has 0 bridgehead atoms. The molecule has 0 heterocycles. The molecule has 0 aliphatic rings. The monoisotopic (exact) mass is 386 g/mol. The summed E-state index contributed by atoms with van der Waals surface area (Å²) >= 11 is 0. The van der Waals surface area contributed by atoms with E-state index in [4.69, 9.17) is 4.74 Å². The van der Waals surface area contributed by atoms with Gasteiger partial charge < -0.3 is 9.29 Å². The Balaban J connectivity index is 0.00000312. The van der Waals surface area contributed by atoms with Crippen molar-refractivity contribution in [2.24, 2.45) is 0 Å². The van der Waals surface area contributed by atoms with Gasteiger partial charge in [0.05, 0.1) is 4.90 Å². The van der Waals surface area contributed by atoms with Crippen molar-refractivity contribution in [3.63, 3.8) is 0 Å². The quantitative estimate of drug-likeness (QED) is 0.375. The van der Waals surface area contributed by atoms with Gasteiger partial charge in [-0.3, -0.25) is 0 Å². The van der Waals surface area contributed by atoms with Crippen molar-refractivity contribution in [3.05, 3.63) is 54.1 Å². The Hall–Kier alpha value is -0.214. The summed E-state index contributed by atoms with van der Waals surface area (Å²) in [5, 5.41) is 0. The zero-order chi connectivity index (χ0) is 17.4. The zero-order valence-electron chi connectivity index (χ0n) is 14.9. The van der Waals surface area contributed by atoms with Crippen LogP contribution in [0.1, 0.15) is 44.6 Å². The summed E-state index contributed by atoms with van der Waals surface area (Å²) in [6, 6.07) is 13.4. The fraction of sp³-hybridized carbons (Fsp3) is 0.368. The summed E-state index contributed by atoms with van der Waals surface area (Å²) in [5.41, 5.74) is 1.28. The molecule has 2 rings (SSSR count). The summed E-state index contributed by atoms with van der Waals surface area (Å²) in [4.78, 5) is -0.256. The molecular weight excluding hydrogens is 363 g/mol. The molecule has 0 spiro atoms. The molecule has 0 radical (unpaired) electrons. The topological polar surface area (TPSA) is 66.4 Å². The van der Waals surface area contributed by atoms with E-state index in [0.29, 0.717) is 11.5 Å². The molecule has 0 aliphatic carbocycles. The Morgan fingerprint density at radius 2 is 1.36 bits per heavy atom. The number of unbranched alkanes of at least 4 members (excludes halogenated alkanes) is 4. The number of hydrogen-bond acceptors (Lipinski definition) is 4. The fourth-order valence-corrected chi connectivity index (χ4v) is 2.94. The molecule has 6 heteroatoms. The molecule has 130 valence electrons. The maximum Gasteiger partial charge on any atom is 1.00 e. The molecule has 0 unspecified atom stereocenters. The molecule has 0 saturated heterocycles. The van der Waals surface area contributed by atoms with Crippen LogP contribution in [0.25, 0.3) is 0 Å². The van der Waals surface area contributed by atoms with Crippen LogP contribution in [-0.4, -0.2) is 13.0 Å². The summed E-state index contributed by atoms with van der Waals surface area (Å²) in [6.07, 6.45) is 7.40. The normalized spacial score (nSPS) is 11.0. The minimum Gasteiger partial charge on any atom is -0.744 e. The first-order chi connectivity index (χ1) is 11.5. The van der Waals surface area contributed by atoms with Crippen molar-refractivity contribution in [3.8, 4) is 11.5 Å². The van der Waals surface area contributed by atoms with Crippen LogP contribution in [0.5, 0.6) is 11.5 Å². The molecule has 0 fully saturated rings. The first-order valence-corrected chi connectivity index (χ1v) is 9.72. The van der Waals surface area contributed by atoms with Crippen LogP contribution >= 0.6 is 0 Å². The van der Waals surface area contributed by atoms with E-state index in [1.165, 1.54) is 61.9 Å². The molecule has 2 aromatic rings. The van der Waals surface area contributed by atoms with E-state index in [9.17, 15) is 13.0 Å². The van der Waals surface area contributed by atoms with Gasteiger partial charge in [-0.1, -0.05) is 44.7 Å². The van der Waals surface area contributed by atoms with Crippen LogP contribution in [0.3, 0.4) is 0 Å². The molecule has 0 aromatic heterocycles. The van der Waals surface area contributed by atoms with Gasteiger partial charge >= 0.3 is 51.4 Å². The summed E-state index contributed by atoms with van der Waals surface area (Å²) in [6.45, 7) is 2.21. The van der Waals surface area contributed by atoms with Gasteiger partial charge in [0.2, 0.25) is 0 Å². The van der Waals surface area contributed by atoms with E-state index in [1.54, 1.807) is 0 Å². The van der Waals surface area contributed by atoms with Crippen molar-refractivity contribution in [1.82, 2.24) is 0 Å². The minimum atomic E-state index is -4.42. The fourth-order valence-electron chi connectivity index (χ4n) is 2.47. The average Bonchev–Trinajstić information content (AvgIpc) is 2.56. The molecule has 0 aliphatic heterocycles. The smallest absolute Gasteiger partial charge is 0.744 e. The Bertz CT molecular complexity index is 725. The van der Waals surface area contributed by atoms with Gasteiger partial charge in [0.25, 0.3) is 0 Å². The van der Waals surface area contributed by atoms with Crippen molar-refractivity contribution in [1.29, 1.82) is 0 Å². The van der Waals surface area contributed by atoms with Gasteiger partial charge in [-0.05, 0) is 54.8 Å². The maximum atomic E-state index is 10.9. The van der Waals surface area contributed by atoms with Gasteiger partial charge in [-0.15, -0.1) is 0 Å². The second-order valence-electron chi connectivity index (χ2n) is 5.84. The SMILES string of the molecule is CCCCCCCc1ccc(Oc2ccc(S(=O)(=O)[O-])cc2)cc1.[K+]. The third-order valence-corrected chi connectivity index (χ3v) is 4.69. The van der Waals surface area contributed by atoms with Gasteiger partial charge in [0.1, 0.15) is 21.6 Å². The Morgan fingerprint density at radius 1 is 0.840 bits per heavy atom. The number of rotatable bonds is 9. The molecule has 0 saturated carbocycles. The predicted molar refractivity (Wildman–Crippen MR) is 93.4 cm³/mol. The van der Waals surface area contributed by atoms with Gasteiger partial charge in [-0.2, -0.15) is 0 Å². The Kier molecular flexibility index (Phi) is 10.5. The molecule has 2 aromatic carbocycles. The van der Waals surface area contributed by atoms with E-state index < -0.39 is 10.1 Å². The second-order valence-corrected chi connectivity index (χ2v) is 7.22. The summed E-state index contributed by atoms with van der Waals surface area (Å²) in [5.74, 6) is 1.18. The zero-order valence-corrected chi connectivity index (χ0v) is 18.8. The Morgan fingerprint density at radius 3 is 1.88 bits per heavy atom. The number of benzene rings is 2. The minimum absolute atomic E-state index is 0. The number of hydrogen-bond donors (Lipinski definition) is 0. The van der Waals surface area contributed by atoms with Crippen LogP contribution < -0.4 is 56.1 Å². The maximum absolute atomic E-state index is 10.9. The van der Waals surface area contributed by atoms with Crippen LogP contribution in [0.15, 0.2) is 53.4 Å². The summed E-state index contributed by atoms with van der Waals surface area (Å²) < 4.78 is 38.3. The third-order valence-electron chi connectivity index (χ3n) is 3.84. The molecule has 4 nitrogen and oxygen atoms in total. The van der Waals surface area contributed by atoms with Crippen LogP contribution in [-0.2, 0) is 16.5 Å². The molecule has 25 heavy (non-hydrogen) atoms. The van der Waals surface area contributed by atoms with Crippen molar-refractivity contribution in [2.45, 2.75) is 50.3 Å². The van der Waals surface area contributed by atoms with Gasteiger partial charge in [0, 0.05) is 0 Å². The van der Waals surface area contributed by atoms with E-state index in [0.717, 1.165) is 6.42 Å². The molecule has 0 N–H and O–H groups in total. The van der Waals surface area contributed by atoms with Crippen molar-refractivity contribution < 1.29 is 69.1 Å². The standard InChI is InChI=1S/C19H24O4S.K/c1-2-3-4-5-6-7-16-8-10-17(11-9-16)23-18-12-14-19(15-13-18)24(20,21)22;/h8-15H,2-7H2,1H3,(H,20,21,22);/q;+1/p-1. The third kappa shape index (κ3) is 8.34. The van der Waals surface area contributed by atoms with E-state index in [-0.39, 0.29) is 56.3 Å². The van der Waals surface area contributed by atoms with E-state index >= 15 is 0 Å².